The number of aliphatic hydroxyl groups is 1. The molecule has 1 atom stereocenters. The zero-order valence-electron chi connectivity index (χ0n) is 19.0. The van der Waals surface area contributed by atoms with Gasteiger partial charge in [-0.3, -0.25) is 14.6 Å². The number of phenols is 1. The maximum absolute atomic E-state index is 13.2. The summed E-state index contributed by atoms with van der Waals surface area (Å²) in [4.78, 5) is 31.7. The van der Waals surface area contributed by atoms with E-state index >= 15 is 0 Å². The Labute approximate surface area is 198 Å². The van der Waals surface area contributed by atoms with Gasteiger partial charge in [0.05, 0.1) is 18.2 Å². The Morgan fingerprint density at radius 3 is 2.59 bits per heavy atom. The second-order valence-corrected chi connectivity index (χ2v) is 8.62. The molecule has 2 heterocycles. The summed E-state index contributed by atoms with van der Waals surface area (Å²) in [5.74, 6) is -0.949. The monoisotopic (exact) mass is 458 g/mol. The number of aliphatic hydroxyl groups excluding tert-OH is 1. The van der Waals surface area contributed by atoms with Gasteiger partial charge in [-0.15, -0.1) is 0 Å². The number of pyridine rings is 1. The van der Waals surface area contributed by atoms with Gasteiger partial charge in [-0.1, -0.05) is 44.2 Å². The third-order valence-corrected chi connectivity index (χ3v) is 5.49. The molecule has 4 rings (SSSR count). The summed E-state index contributed by atoms with van der Waals surface area (Å²) >= 11 is 0. The predicted octanol–water partition coefficient (Wildman–Crippen LogP) is 4.44. The van der Waals surface area contributed by atoms with E-state index in [0.717, 1.165) is 5.56 Å². The standard InChI is InChI=1S/C27H26N2O5/c1-17(2)16-34-22-10-4-8-20(13-22)25(31)23-24(19-7-3-9-21(30)12-19)29(27(33)26(23)32)15-18-6-5-11-28-14-18/h3-14,17,24,30-31H,15-16H2,1-2H3/b25-23-. The molecule has 2 aromatic carbocycles. The number of carbonyl (C=O) groups excluding carboxylic acids is 2. The summed E-state index contributed by atoms with van der Waals surface area (Å²) in [7, 11) is 0. The molecule has 0 radical (unpaired) electrons. The molecule has 7 nitrogen and oxygen atoms in total. The van der Waals surface area contributed by atoms with Crippen molar-refractivity contribution in [1.29, 1.82) is 0 Å². The number of benzene rings is 2. The number of carbonyl (C=O) groups is 2. The van der Waals surface area contributed by atoms with Crippen LogP contribution >= 0.6 is 0 Å². The molecule has 1 amide bonds. The van der Waals surface area contributed by atoms with Crippen molar-refractivity contribution in [3.8, 4) is 11.5 Å². The number of amides is 1. The van der Waals surface area contributed by atoms with Crippen LogP contribution in [-0.2, 0) is 16.1 Å². The molecule has 1 aliphatic rings. The quantitative estimate of drug-likeness (QED) is 0.308. The first-order valence-electron chi connectivity index (χ1n) is 11.0. The first-order chi connectivity index (χ1) is 16.3. The van der Waals surface area contributed by atoms with Crippen molar-refractivity contribution in [2.45, 2.75) is 26.4 Å². The molecule has 1 fully saturated rings. The normalized spacial score (nSPS) is 17.4. The summed E-state index contributed by atoms with van der Waals surface area (Å²) < 4.78 is 5.76. The Morgan fingerprint density at radius 2 is 1.88 bits per heavy atom. The van der Waals surface area contributed by atoms with Crippen LogP contribution in [0.3, 0.4) is 0 Å². The molecule has 7 heteroatoms. The smallest absolute Gasteiger partial charge is 0.295 e. The highest BCUT2D eigenvalue weighted by Gasteiger charge is 2.46. The first kappa shape index (κ1) is 23.0. The van der Waals surface area contributed by atoms with Gasteiger partial charge in [0.25, 0.3) is 11.7 Å². The summed E-state index contributed by atoms with van der Waals surface area (Å²) in [5, 5.41) is 21.3. The number of nitrogens with zero attached hydrogens (tertiary/aromatic N) is 2. The van der Waals surface area contributed by atoms with Crippen molar-refractivity contribution in [1.82, 2.24) is 9.88 Å². The van der Waals surface area contributed by atoms with E-state index < -0.39 is 17.7 Å². The number of phenolic OH excluding ortho intramolecular Hbond substituents is 1. The summed E-state index contributed by atoms with van der Waals surface area (Å²) in [6.45, 7) is 4.68. The van der Waals surface area contributed by atoms with Crippen LogP contribution in [0.5, 0.6) is 11.5 Å². The SMILES string of the molecule is CC(C)COc1cccc(/C(O)=C2/C(=O)C(=O)N(Cc3cccnc3)C2c2cccc(O)c2)c1. The maximum Gasteiger partial charge on any atom is 0.295 e. The van der Waals surface area contributed by atoms with Gasteiger partial charge in [0.2, 0.25) is 0 Å². The largest absolute Gasteiger partial charge is 0.508 e. The number of aromatic nitrogens is 1. The minimum absolute atomic E-state index is 0.00597. The summed E-state index contributed by atoms with van der Waals surface area (Å²) in [5.41, 5.74) is 1.57. The van der Waals surface area contributed by atoms with Crippen molar-refractivity contribution >= 4 is 17.4 Å². The second-order valence-electron chi connectivity index (χ2n) is 8.62. The summed E-state index contributed by atoms with van der Waals surface area (Å²) in [6.07, 6.45) is 3.24. The van der Waals surface area contributed by atoms with Crippen LogP contribution in [0.1, 0.15) is 36.6 Å². The number of hydrogen-bond acceptors (Lipinski definition) is 6. The third kappa shape index (κ3) is 4.78. The molecule has 1 saturated heterocycles. The van der Waals surface area contributed by atoms with E-state index in [-0.39, 0.29) is 23.6 Å². The molecule has 174 valence electrons. The molecule has 3 aromatic rings. The number of likely N-dealkylation sites (tertiary alicyclic amines) is 1. The molecule has 34 heavy (non-hydrogen) atoms. The van der Waals surface area contributed by atoms with E-state index in [2.05, 4.69) is 4.98 Å². The Balaban J connectivity index is 1.81. The molecule has 0 bridgehead atoms. The van der Waals surface area contributed by atoms with Crippen molar-refractivity contribution < 1.29 is 24.5 Å². The summed E-state index contributed by atoms with van der Waals surface area (Å²) in [6, 6.07) is 15.8. The number of ketones is 1. The Bertz CT molecular complexity index is 1240. The van der Waals surface area contributed by atoms with E-state index in [0.29, 0.717) is 29.4 Å². The van der Waals surface area contributed by atoms with Gasteiger partial charge in [0.1, 0.15) is 17.3 Å². The number of rotatable bonds is 7. The van der Waals surface area contributed by atoms with Gasteiger partial charge in [0, 0.05) is 24.5 Å². The lowest BCUT2D eigenvalue weighted by Gasteiger charge is -2.25. The van der Waals surface area contributed by atoms with Crippen molar-refractivity contribution in [2.75, 3.05) is 6.61 Å². The zero-order valence-corrected chi connectivity index (χ0v) is 19.0. The van der Waals surface area contributed by atoms with E-state index in [9.17, 15) is 19.8 Å². The fraction of sp³-hybridized carbons (Fsp3) is 0.222. The fourth-order valence-electron chi connectivity index (χ4n) is 3.92. The minimum Gasteiger partial charge on any atom is -0.508 e. The Kier molecular flexibility index (Phi) is 6.63. The molecule has 0 spiro atoms. The first-order valence-corrected chi connectivity index (χ1v) is 11.0. The van der Waals surface area contributed by atoms with Crippen LogP contribution in [0.2, 0.25) is 0 Å². The van der Waals surface area contributed by atoms with Crippen molar-refractivity contribution in [3.63, 3.8) is 0 Å². The van der Waals surface area contributed by atoms with E-state index in [1.165, 1.54) is 17.0 Å². The van der Waals surface area contributed by atoms with Gasteiger partial charge in [-0.05, 0) is 47.4 Å². The van der Waals surface area contributed by atoms with Gasteiger partial charge in [-0.2, -0.15) is 0 Å². The van der Waals surface area contributed by atoms with Gasteiger partial charge < -0.3 is 19.8 Å². The van der Waals surface area contributed by atoms with Crippen molar-refractivity contribution in [3.05, 3.63) is 95.3 Å². The number of ether oxygens (including phenoxy) is 1. The number of Topliss-reactive ketones (excluding diaryl/α,β-unsaturated/α-hetero) is 1. The van der Waals surface area contributed by atoms with E-state index in [1.807, 2.05) is 13.8 Å². The topological polar surface area (TPSA) is 100.0 Å². The number of aromatic hydroxyl groups is 1. The van der Waals surface area contributed by atoms with E-state index in [1.54, 1.807) is 60.9 Å². The Hall–Kier alpha value is -4.13. The highest BCUT2D eigenvalue weighted by molar-refractivity contribution is 6.46. The van der Waals surface area contributed by atoms with Crippen LogP contribution in [0.25, 0.3) is 5.76 Å². The predicted molar refractivity (Wildman–Crippen MR) is 127 cm³/mol. The van der Waals surface area contributed by atoms with Crippen LogP contribution in [0.15, 0.2) is 78.6 Å². The minimum atomic E-state index is -0.882. The lowest BCUT2D eigenvalue weighted by atomic mass is 9.95. The highest BCUT2D eigenvalue weighted by atomic mass is 16.5. The molecular formula is C27H26N2O5. The molecule has 1 aliphatic heterocycles. The van der Waals surface area contributed by atoms with Gasteiger partial charge in [0.15, 0.2) is 0 Å². The Morgan fingerprint density at radius 1 is 1.09 bits per heavy atom. The van der Waals surface area contributed by atoms with Crippen LogP contribution in [-0.4, -0.2) is 38.4 Å². The molecule has 2 N–H and O–H groups in total. The third-order valence-electron chi connectivity index (χ3n) is 5.49. The molecular weight excluding hydrogens is 432 g/mol. The number of hydrogen-bond donors (Lipinski definition) is 2. The van der Waals surface area contributed by atoms with Crippen molar-refractivity contribution in [2.24, 2.45) is 5.92 Å². The lowest BCUT2D eigenvalue weighted by Crippen LogP contribution is -2.29. The average molecular weight is 459 g/mol. The second kappa shape index (κ2) is 9.79. The van der Waals surface area contributed by atoms with Crippen LogP contribution in [0, 0.1) is 5.92 Å². The van der Waals surface area contributed by atoms with E-state index in [4.69, 9.17) is 4.74 Å². The highest BCUT2D eigenvalue weighted by Crippen LogP contribution is 2.41. The molecule has 1 unspecified atom stereocenters. The lowest BCUT2D eigenvalue weighted by molar-refractivity contribution is -0.140. The van der Waals surface area contributed by atoms with Gasteiger partial charge >= 0.3 is 0 Å². The molecule has 1 aromatic heterocycles. The maximum atomic E-state index is 13.2. The zero-order chi connectivity index (χ0) is 24.2. The van der Waals surface area contributed by atoms with Crippen LogP contribution < -0.4 is 4.74 Å². The molecule has 0 saturated carbocycles. The average Bonchev–Trinajstić information content (AvgIpc) is 3.08. The van der Waals surface area contributed by atoms with Gasteiger partial charge in [-0.25, -0.2) is 0 Å². The fourth-order valence-corrected chi connectivity index (χ4v) is 3.92. The van der Waals surface area contributed by atoms with Crippen LogP contribution in [0.4, 0.5) is 0 Å². The molecule has 0 aliphatic carbocycles.